The van der Waals surface area contributed by atoms with Gasteiger partial charge < -0.3 is 5.32 Å². The number of nitrogens with one attached hydrogen (secondary N) is 1. The lowest BCUT2D eigenvalue weighted by molar-refractivity contribution is -0.0358. The van der Waals surface area contributed by atoms with Crippen molar-refractivity contribution in [2.75, 3.05) is 6.54 Å². The van der Waals surface area contributed by atoms with E-state index >= 15 is 0 Å². The molecule has 1 saturated heterocycles. The molecule has 4 heteroatoms. The molecule has 90 valence electrons. The maximum Gasteiger partial charge on any atom is 0.289 e. The van der Waals surface area contributed by atoms with Crippen molar-refractivity contribution < 1.29 is 8.78 Å². The van der Waals surface area contributed by atoms with E-state index in [1.54, 1.807) is 11.4 Å². The molecule has 1 N–H and O–H groups in total. The zero-order valence-electron chi connectivity index (χ0n) is 9.25. The van der Waals surface area contributed by atoms with Gasteiger partial charge in [-0.1, -0.05) is 18.2 Å². The molecule has 1 aromatic carbocycles. The molecule has 1 nitrogen and oxygen atoms in total. The molecule has 2 aromatic rings. The second kappa shape index (κ2) is 4.03. The summed E-state index contributed by atoms with van der Waals surface area (Å²) in [5.74, 6) is -2.77. The van der Waals surface area contributed by atoms with Gasteiger partial charge in [0.25, 0.3) is 5.92 Å². The number of halogens is 2. The Morgan fingerprint density at radius 2 is 2.12 bits per heavy atom. The maximum atomic E-state index is 14.4. The summed E-state index contributed by atoms with van der Waals surface area (Å²) in [7, 11) is 0. The van der Waals surface area contributed by atoms with E-state index in [2.05, 4.69) is 5.32 Å². The fraction of sp³-hybridized carbons (Fsp3) is 0.385. The standard InChI is InChI=1S/C13H13F2NS/c14-13(15,12-6-3-7-16-12)10-8-17-11-5-2-1-4-9(10)11/h1-2,4-5,8,12,16H,3,6-7H2. The Bertz CT molecular complexity index is 529. The molecule has 0 amide bonds. The lowest BCUT2D eigenvalue weighted by atomic mass is 9.99. The van der Waals surface area contributed by atoms with Crippen molar-refractivity contribution in [3.63, 3.8) is 0 Å². The number of hydrogen-bond acceptors (Lipinski definition) is 2. The largest absolute Gasteiger partial charge is 0.308 e. The van der Waals surface area contributed by atoms with E-state index in [1.165, 1.54) is 11.3 Å². The van der Waals surface area contributed by atoms with Gasteiger partial charge in [-0.25, -0.2) is 0 Å². The summed E-state index contributed by atoms with van der Waals surface area (Å²) >= 11 is 1.39. The van der Waals surface area contributed by atoms with Crippen molar-refractivity contribution in [3.8, 4) is 0 Å². The van der Waals surface area contributed by atoms with Crippen LogP contribution in [0.1, 0.15) is 18.4 Å². The van der Waals surface area contributed by atoms with Crippen LogP contribution < -0.4 is 5.32 Å². The van der Waals surface area contributed by atoms with Crippen LogP contribution in [-0.4, -0.2) is 12.6 Å². The molecular formula is C13H13F2NS. The van der Waals surface area contributed by atoms with Crippen LogP contribution in [-0.2, 0) is 5.92 Å². The lowest BCUT2D eigenvalue weighted by Crippen LogP contribution is -2.38. The van der Waals surface area contributed by atoms with Gasteiger partial charge in [0, 0.05) is 21.0 Å². The third kappa shape index (κ3) is 1.76. The minimum Gasteiger partial charge on any atom is -0.308 e. The zero-order valence-corrected chi connectivity index (χ0v) is 10.1. The summed E-state index contributed by atoms with van der Waals surface area (Å²) < 4.78 is 29.7. The molecule has 2 heterocycles. The molecule has 1 fully saturated rings. The maximum absolute atomic E-state index is 14.4. The monoisotopic (exact) mass is 253 g/mol. The molecule has 0 saturated carbocycles. The SMILES string of the molecule is FC(F)(c1csc2ccccc12)C1CCCN1. The van der Waals surface area contributed by atoms with E-state index in [-0.39, 0.29) is 5.56 Å². The van der Waals surface area contributed by atoms with Crippen molar-refractivity contribution in [2.24, 2.45) is 0 Å². The smallest absolute Gasteiger partial charge is 0.289 e. The molecule has 1 aliphatic rings. The molecule has 0 spiro atoms. The molecule has 0 aliphatic carbocycles. The van der Waals surface area contributed by atoms with Crippen molar-refractivity contribution in [2.45, 2.75) is 24.8 Å². The predicted octanol–water partition coefficient (Wildman–Crippen LogP) is 3.75. The Morgan fingerprint density at radius 1 is 1.29 bits per heavy atom. The molecule has 1 atom stereocenters. The van der Waals surface area contributed by atoms with Gasteiger partial charge in [0.1, 0.15) is 0 Å². The second-order valence-corrected chi connectivity index (χ2v) is 5.33. The van der Waals surface area contributed by atoms with Gasteiger partial charge >= 0.3 is 0 Å². The van der Waals surface area contributed by atoms with E-state index < -0.39 is 12.0 Å². The average molecular weight is 253 g/mol. The van der Waals surface area contributed by atoms with Crippen LogP contribution in [0.15, 0.2) is 29.6 Å². The third-order valence-corrected chi connectivity index (χ3v) is 4.30. The highest BCUT2D eigenvalue weighted by atomic mass is 32.1. The zero-order chi connectivity index (χ0) is 11.9. The first kappa shape index (κ1) is 11.1. The lowest BCUT2D eigenvalue weighted by Gasteiger charge is -2.23. The van der Waals surface area contributed by atoms with Crippen molar-refractivity contribution in [1.82, 2.24) is 5.32 Å². The van der Waals surface area contributed by atoms with Crippen LogP contribution in [0, 0.1) is 0 Å². The summed E-state index contributed by atoms with van der Waals surface area (Å²) in [6.45, 7) is 0.697. The summed E-state index contributed by atoms with van der Waals surface area (Å²) in [6.07, 6.45) is 1.39. The van der Waals surface area contributed by atoms with Gasteiger partial charge in [0.15, 0.2) is 0 Å². The predicted molar refractivity (Wildman–Crippen MR) is 66.7 cm³/mol. The molecule has 1 aromatic heterocycles. The number of fused-ring (bicyclic) bond motifs is 1. The van der Waals surface area contributed by atoms with Crippen LogP contribution in [0.4, 0.5) is 8.78 Å². The normalized spacial score (nSPS) is 21.2. The van der Waals surface area contributed by atoms with Crippen molar-refractivity contribution >= 4 is 21.4 Å². The van der Waals surface area contributed by atoms with E-state index in [0.29, 0.717) is 18.4 Å². The quantitative estimate of drug-likeness (QED) is 0.859. The molecule has 1 aliphatic heterocycles. The van der Waals surface area contributed by atoms with Crippen LogP contribution in [0.5, 0.6) is 0 Å². The van der Waals surface area contributed by atoms with Crippen LogP contribution in [0.25, 0.3) is 10.1 Å². The van der Waals surface area contributed by atoms with Crippen LogP contribution in [0.3, 0.4) is 0 Å². The van der Waals surface area contributed by atoms with Gasteiger partial charge in [-0.15, -0.1) is 11.3 Å². The fourth-order valence-electron chi connectivity index (χ4n) is 2.42. The number of thiophene rings is 1. The summed E-state index contributed by atoms with van der Waals surface area (Å²) in [5, 5.41) is 5.20. The highest BCUT2D eigenvalue weighted by Gasteiger charge is 2.44. The minimum atomic E-state index is -2.77. The van der Waals surface area contributed by atoms with Crippen molar-refractivity contribution in [1.29, 1.82) is 0 Å². The first-order valence-corrected chi connectivity index (χ1v) is 6.65. The number of hydrogen-bond donors (Lipinski definition) is 1. The Morgan fingerprint density at radius 3 is 2.88 bits per heavy atom. The van der Waals surface area contributed by atoms with Gasteiger partial charge in [0.05, 0.1) is 6.04 Å². The molecule has 0 bridgehead atoms. The van der Waals surface area contributed by atoms with Crippen molar-refractivity contribution in [3.05, 3.63) is 35.2 Å². The summed E-state index contributed by atoms with van der Waals surface area (Å²) in [6, 6.07) is 6.66. The number of rotatable bonds is 2. The molecule has 0 radical (unpaired) electrons. The fourth-order valence-corrected chi connectivity index (χ4v) is 3.41. The molecule has 17 heavy (non-hydrogen) atoms. The first-order valence-electron chi connectivity index (χ1n) is 5.77. The van der Waals surface area contributed by atoms with E-state index in [4.69, 9.17) is 0 Å². The second-order valence-electron chi connectivity index (χ2n) is 4.42. The van der Waals surface area contributed by atoms with E-state index in [0.717, 1.165) is 11.1 Å². The third-order valence-electron chi connectivity index (χ3n) is 3.34. The van der Waals surface area contributed by atoms with Gasteiger partial charge in [-0.05, 0) is 25.5 Å². The van der Waals surface area contributed by atoms with Gasteiger partial charge in [-0.2, -0.15) is 8.78 Å². The Balaban J connectivity index is 2.07. The Hall–Kier alpha value is -1.00. The highest BCUT2D eigenvalue weighted by molar-refractivity contribution is 7.17. The van der Waals surface area contributed by atoms with E-state index in [9.17, 15) is 8.78 Å². The Kier molecular flexibility index (Phi) is 2.64. The average Bonchev–Trinajstić information content (AvgIpc) is 2.99. The molecule has 1 unspecified atom stereocenters. The summed E-state index contributed by atoms with van der Waals surface area (Å²) in [5.41, 5.74) is 0.178. The number of alkyl halides is 2. The van der Waals surface area contributed by atoms with Gasteiger partial charge in [-0.3, -0.25) is 0 Å². The minimum absolute atomic E-state index is 0.178. The van der Waals surface area contributed by atoms with Crippen LogP contribution >= 0.6 is 11.3 Å². The van der Waals surface area contributed by atoms with E-state index in [1.807, 2.05) is 18.2 Å². The summed E-state index contributed by atoms with van der Waals surface area (Å²) in [4.78, 5) is 0. The topological polar surface area (TPSA) is 12.0 Å². The molecular weight excluding hydrogens is 240 g/mol. The first-order chi connectivity index (χ1) is 8.19. The number of benzene rings is 1. The van der Waals surface area contributed by atoms with Crippen LogP contribution in [0.2, 0.25) is 0 Å². The molecule has 3 rings (SSSR count). The highest BCUT2D eigenvalue weighted by Crippen LogP contribution is 2.41. The Labute approximate surface area is 102 Å². The van der Waals surface area contributed by atoms with Gasteiger partial charge in [0.2, 0.25) is 0 Å².